The number of carbonyl (C=O) groups excluding carboxylic acids is 1. The fourth-order valence-corrected chi connectivity index (χ4v) is 1.72. The van der Waals surface area contributed by atoms with E-state index in [9.17, 15) is 9.59 Å². The van der Waals surface area contributed by atoms with Crippen molar-refractivity contribution in [1.29, 1.82) is 0 Å². The van der Waals surface area contributed by atoms with Gasteiger partial charge in [0.1, 0.15) is 5.75 Å². The number of carboxylic acid groups (broad SMARTS) is 1. The van der Waals surface area contributed by atoms with Crippen LogP contribution in [0.25, 0.3) is 0 Å². The zero-order valence-electron chi connectivity index (χ0n) is 10.6. The highest BCUT2D eigenvalue weighted by atomic mass is 35.5. The lowest BCUT2D eigenvalue weighted by Crippen LogP contribution is -2.30. The first-order chi connectivity index (χ1) is 9.31. The number of hydrogen-bond acceptors (Lipinski definition) is 4. The molecule has 7 heteroatoms. The van der Waals surface area contributed by atoms with Crippen molar-refractivity contribution < 1.29 is 24.2 Å². The van der Waals surface area contributed by atoms with Gasteiger partial charge in [0.15, 0.2) is 6.61 Å². The van der Waals surface area contributed by atoms with Gasteiger partial charge in [0, 0.05) is 5.02 Å². The fourth-order valence-electron chi connectivity index (χ4n) is 1.26. The summed E-state index contributed by atoms with van der Waals surface area (Å²) in [5.41, 5.74) is 0.204. The first kappa shape index (κ1) is 16.3. The maximum Gasteiger partial charge on any atom is 0.349 e. The standard InChI is InChI=1S/C13H12Cl2O5/c1-7(2)12(13(17)18)20-11(16)6-19-10-4-3-8(14)5-9(10)15/h3-5,12H,1,6H2,2H3,(H,17,18). The Morgan fingerprint density at radius 3 is 2.55 bits per heavy atom. The molecule has 0 amide bonds. The number of carboxylic acids is 1. The van der Waals surface area contributed by atoms with Crippen LogP contribution in [0.4, 0.5) is 0 Å². The van der Waals surface area contributed by atoms with Crippen molar-refractivity contribution in [2.24, 2.45) is 0 Å². The monoisotopic (exact) mass is 318 g/mol. The highest BCUT2D eigenvalue weighted by molar-refractivity contribution is 6.35. The Hall–Kier alpha value is -1.72. The number of rotatable bonds is 6. The molecule has 0 spiro atoms. The Labute approximate surface area is 125 Å². The van der Waals surface area contributed by atoms with Crippen molar-refractivity contribution in [3.05, 3.63) is 40.4 Å². The summed E-state index contributed by atoms with van der Waals surface area (Å²) in [4.78, 5) is 22.3. The van der Waals surface area contributed by atoms with Gasteiger partial charge in [-0.2, -0.15) is 0 Å². The van der Waals surface area contributed by atoms with Gasteiger partial charge in [0.25, 0.3) is 0 Å². The van der Waals surface area contributed by atoms with Crippen molar-refractivity contribution in [2.45, 2.75) is 13.0 Å². The average molecular weight is 319 g/mol. The van der Waals surface area contributed by atoms with Crippen LogP contribution in [0.1, 0.15) is 6.92 Å². The molecule has 1 N–H and O–H groups in total. The summed E-state index contributed by atoms with van der Waals surface area (Å²) in [5, 5.41) is 9.50. The summed E-state index contributed by atoms with van der Waals surface area (Å²) in [7, 11) is 0. The van der Waals surface area contributed by atoms with Crippen molar-refractivity contribution >= 4 is 35.1 Å². The minimum absolute atomic E-state index is 0.204. The number of ether oxygens (including phenoxy) is 2. The van der Waals surface area contributed by atoms with E-state index in [-0.39, 0.29) is 16.3 Å². The van der Waals surface area contributed by atoms with Gasteiger partial charge in [-0.1, -0.05) is 29.8 Å². The van der Waals surface area contributed by atoms with E-state index >= 15 is 0 Å². The summed E-state index contributed by atoms with van der Waals surface area (Å²) in [5.74, 6) is -1.89. The summed E-state index contributed by atoms with van der Waals surface area (Å²) in [6, 6.07) is 4.49. The Balaban J connectivity index is 2.59. The molecule has 0 heterocycles. The molecular weight excluding hydrogens is 307 g/mol. The van der Waals surface area contributed by atoms with Gasteiger partial charge in [-0.15, -0.1) is 0 Å². The lowest BCUT2D eigenvalue weighted by Gasteiger charge is -2.14. The Bertz CT molecular complexity index is 528. The SMILES string of the molecule is C=C(C)C(OC(=O)COc1ccc(Cl)cc1Cl)C(=O)O. The van der Waals surface area contributed by atoms with Crippen molar-refractivity contribution in [3.8, 4) is 5.75 Å². The molecule has 0 radical (unpaired) electrons. The predicted octanol–water partition coefficient (Wildman–Crippen LogP) is 2.94. The smallest absolute Gasteiger partial charge is 0.349 e. The van der Waals surface area contributed by atoms with Gasteiger partial charge in [-0.3, -0.25) is 0 Å². The largest absolute Gasteiger partial charge is 0.480 e. The summed E-state index contributed by atoms with van der Waals surface area (Å²) < 4.78 is 9.85. The highest BCUT2D eigenvalue weighted by Gasteiger charge is 2.23. The fraction of sp³-hybridized carbons (Fsp3) is 0.231. The van der Waals surface area contributed by atoms with E-state index in [1.54, 1.807) is 6.07 Å². The molecule has 20 heavy (non-hydrogen) atoms. The van der Waals surface area contributed by atoms with E-state index in [0.29, 0.717) is 5.02 Å². The molecule has 0 saturated heterocycles. The van der Waals surface area contributed by atoms with E-state index in [0.717, 1.165) is 0 Å². The van der Waals surface area contributed by atoms with Gasteiger partial charge in [-0.25, -0.2) is 9.59 Å². The van der Waals surface area contributed by atoms with E-state index in [4.69, 9.17) is 37.8 Å². The lowest BCUT2D eigenvalue weighted by atomic mass is 10.2. The second kappa shape index (κ2) is 7.17. The lowest BCUT2D eigenvalue weighted by molar-refractivity contribution is -0.162. The predicted molar refractivity (Wildman–Crippen MR) is 74.3 cm³/mol. The van der Waals surface area contributed by atoms with Crippen LogP contribution >= 0.6 is 23.2 Å². The summed E-state index contributed by atoms with van der Waals surface area (Å²) >= 11 is 11.6. The number of aliphatic carboxylic acids is 1. The van der Waals surface area contributed by atoms with Gasteiger partial charge in [0.2, 0.25) is 6.10 Å². The average Bonchev–Trinajstić information content (AvgIpc) is 2.34. The zero-order chi connectivity index (χ0) is 15.3. The van der Waals surface area contributed by atoms with Crippen LogP contribution < -0.4 is 4.74 Å². The molecule has 0 aliphatic heterocycles. The van der Waals surface area contributed by atoms with Crippen LogP contribution in [0.3, 0.4) is 0 Å². The molecule has 0 saturated carbocycles. The van der Waals surface area contributed by atoms with Crippen molar-refractivity contribution in [2.75, 3.05) is 6.61 Å². The maximum atomic E-state index is 11.5. The zero-order valence-corrected chi connectivity index (χ0v) is 12.1. The van der Waals surface area contributed by atoms with Crippen LogP contribution in [0.2, 0.25) is 10.0 Å². The number of benzene rings is 1. The first-order valence-corrected chi connectivity index (χ1v) is 6.22. The quantitative estimate of drug-likeness (QED) is 0.645. The molecule has 0 fully saturated rings. The van der Waals surface area contributed by atoms with E-state index < -0.39 is 24.6 Å². The maximum absolute atomic E-state index is 11.5. The molecule has 1 unspecified atom stereocenters. The van der Waals surface area contributed by atoms with Gasteiger partial charge >= 0.3 is 11.9 Å². The molecule has 1 aromatic carbocycles. The van der Waals surface area contributed by atoms with Crippen molar-refractivity contribution in [3.63, 3.8) is 0 Å². The van der Waals surface area contributed by atoms with Crippen LogP contribution in [-0.4, -0.2) is 29.8 Å². The molecule has 1 aromatic rings. The van der Waals surface area contributed by atoms with Gasteiger partial charge < -0.3 is 14.6 Å². The molecule has 1 atom stereocenters. The Morgan fingerprint density at radius 2 is 2.05 bits per heavy atom. The number of carbonyl (C=O) groups is 2. The molecule has 0 aliphatic carbocycles. The normalized spacial score (nSPS) is 11.6. The Kier molecular flexibility index (Phi) is 5.85. The van der Waals surface area contributed by atoms with Crippen molar-refractivity contribution in [1.82, 2.24) is 0 Å². The van der Waals surface area contributed by atoms with E-state index in [1.807, 2.05) is 0 Å². The number of esters is 1. The second-order valence-corrected chi connectivity index (χ2v) is 4.76. The van der Waals surface area contributed by atoms with Gasteiger partial charge in [-0.05, 0) is 30.7 Å². The topological polar surface area (TPSA) is 72.8 Å². The Morgan fingerprint density at radius 1 is 1.40 bits per heavy atom. The number of halogens is 2. The molecule has 1 rings (SSSR count). The summed E-state index contributed by atoms with van der Waals surface area (Å²) in [6.07, 6.45) is -1.40. The van der Waals surface area contributed by atoms with Crippen LogP contribution in [0, 0.1) is 0 Å². The van der Waals surface area contributed by atoms with E-state index in [1.165, 1.54) is 19.1 Å². The highest BCUT2D eigenvalue weighted by Crippen LogP contribution is 2.27. The molecule has 0 aromatic heterocycles. The third-order valence-electron chi connectivity index (χ3n) is 2.16. The molecule has 0 aliphatic rings. The third-order valence-corrected chi connectivity index (χ3v) is 2.69. The molecule has 0 bridgehead atoms. The third kappa shape index (κ3) is 4.75. The van der Waals surface area contributed by atoms with E-state index in [2.05, 4.69) is 6.58 Å². The molecular formula is C13H12Cl2O5. The molecule has 108 valence electrons. The number of hydrogen-bond donors (Lipinski definition) is 1. The van der Waals surface area contributed by atoms with Crippen LogP contribution in [0.15, 0.2) is 30.4 Å². The van der Waals surface area contributed by atoms with Crippen LogP contribution in [0.5, 0.6) is 5.75 Å². The minimum Gasteiger partial charge on any atom is -0.480 e. The van der Waals surface area contributed by atoms with Crippen LogP contribution in [-0.2, 0) is 14.3 Å². The first-order valence-electron chi connectivity index (χ1n) is 5.46. The minimum atomic E-state index is -1.40. The molecule has 5 nitrogen and oxygen atoms in total. The second-order valence-electron chi connectivity index (χ2n) is 3.92. The summed E-state index contributed by atoms with van der Waals surface area (Å²) in [6.45, 7) is 4.41. The van der Waals surface area contributed by atoms with Gasteiger partial charge in [0.05, 0.1) is 5.02 Å².